The minimum Gasteiger partial charge on any atom is -0.298 e. The van der Waals surface area contributed by atoms with Crippen molar-refractivity contribution in [3.8, 4) is 0 Å². The van der Waals surface area contributed by atoms with Gasteiger partial charge in [0.15, 0.2) is 0 Å². The zero-order valence-electron chi connectivity index (χ0n) is 16.6. The van der Waals surface area contributed by atoms with Crippen LogP contribution >= 0.6 is 0 Å². The maximum atomic E-state index is 4.03. The van der Waals surface area contributed by atoms with Crippen LogP contribution in [-0.2, 0) is 0 Å². The highest BCUT2D eigenvalue weighted by molar-refractivity contribution is 5.08. The van der Waals surface area contributed by atoms with Crippen LogP contribution in [-0.4, -0.2) is 30.2 Å². The third kappa shape index (κ3) is 3.63. The van der Waals surface area contributed by atoms with Crippen LogP contribution < -0.4 is 5.32 Å². The molecule has 2 saturated heterocycles. The molecule has 0 amide bonds. The number of nitrogens with one attached hydrogen (secondary N) is 1. The van der Waals surface area contributed by atoms with Crippen LogP contribution in [0.25, 0.3) is 0 Å². The maximum Gasteiger partial charge on any atom is 0.0634 e. The van der Waals surface area contributed by atoms with Gasteiger partial charge in [0.1, 0.15) is 0 Å². The SMILES string of the molecule is CC.CCCC(CCC)C1C2C3CCCCC3NC2N(C)C1C. The van der Waals surface area contributed by atoms with Gasteiger partial charge in [-0.3, -0.25) is 10.2 Å². The van der Waals surface area contributed by atoms with Crippen LogP contribution in [0.15, 0.2) is 0 Å². The molecular weight excluding hydrogens is 280 g/mol. The molecule has 2 aliphatic heterocycles. The summed E-state index contributed by atoms with van der Waals surface area (Å²) in [6.45, 7) is 11.3. The first-order valence-corrected chi connectivity index (χ1v) is 10.7. The summed E-state index contributed by atoms with van der Waals surface area (Å²) in [6.07, 6.45) is 12.1. The second-order valence-corrected chi connectivity index (χ2v) is 8.06. The maximum absolute atomic E-state index is 4.03. The van der Waals surface area contributed by atoms with Crippen molar-refractivity contribution in [2.24, 2.45) is 23.7 Å². The summed E-state index contributed by atoms with van der Waals surface area (Å²) in [6, 6.07) is 1.59. The molecule has 0 radical (unpaired) electrons. The lowest BCUT2D eigenvalue weighted by molar-refractivity contribution is 0.139. The van der Waals surface area contributed by atoms with Crippen LogP contribution in [0.1, 0.15) is 86.0 Å². The highest BCUT2D eigenvalue weighted by Crippen LogP contribution is 2.51. The number of rotatable bonds is 5. The molecule has 1 N–H and O–H groups in total. The summed E-state index contributed by atoms with van der Waals surface area (Å²) in [7, 11) is 2.38. The van der Waals surface area contributed by atoms with Gasteiger partial charge in [-0.2, -0.15) is 0 Å². The Kier molecular flexibility index (Phi) is 7.41. The van der Waals surface area contributed by atoms with Gasteiger partial charge in [0.2, 0.25) is 0 Å². The van der Waals surface area contributed by atoms with E-state index in [0.29, 0.717) is 6.17 Å². The van der Waals surface area contributed by atoms with Crippen LogP contribution in [0, 0.1) is 23.7 Å². The first kappa shape index (κ1) is 19.2. The molecule has 3 aliphatic rings. The zero-order valence-corrected chi connectivity index (χ0v) is 16.6. The van der Waals surface area contributed by atoms with Crippen LogP contribution in [0.4, 0.5) is 0 Å². The Hall–Kier alpha value is -0.0800. The van der Waals surface area contributed by atoms with Gasteiger partial charge in [-0.25, -0.2) is 0 Å². The molecule has 3 rings (SSSR count). The summed E-state index contributed by atoms with van der Waals surface area (Å²) in [5.74, 6) is 3.78. The van der Waals surface area contributed by atoms with Crippen molar-refractivity contribution in [3.63, 3.8) is 0 Å². The number of nitrogens with zero attached hydrogens (tertiary/aromatic N) is 1. The van der Waals surface area contributed by atoms with Gasteiger partial charge in [-0.05, 0) is 50.5 Å². The van der Waals surface area contributed by atoms with E-state index in [-0.39, 0.29) is 0 Å². The lowest BCUT2D eigenvalue weighted by Crippen LogP contribution is -2.44. The Balaban J connectivity index is 0.000000924. The molecule has 2 nitrogen and oxygen atoms in total. The Labute approximate surface area is 145 Å². The topological polar surface area (TPSA) is 15.3 Å². The average Bonchev–Trinajstić information content (AvgIpc) is 3.06. The standard InChI is InChI=1S/C19H36N2.C2H6/c1-5-9-14(10-6-2)17-13(3)21(4)19-18(17)15-11-7-8-12-16(15)20-19;1-2/h13-20H,5-12H2,1-4H3;1-2H3. The highest BCUT2D eigenvalue weighted by Gasteiger charge is 2.56. The van der Waals surface area contributed by atoms with E-state index in [0.717, 1.165) is 35.8 Å². The first-order chi connectivity index (χ1) is 11.2. The first-order valence-electron chi connectivity index (χ1n) is 10.7. The quantitative estimate of drug-likeness (QED) is 0.740. The van der Waals surface area contributed by atoms with Crippen molar-refractivity contribution >= 4 is 0 Å². The van der Waals surface area contributed by atoms with Crippen LogP contribution in [0.3, 0.4) is 0 Å². The molecule has 1 aliphatic carbocycles. The van der Waals surface area contributed by atoms with E-state index in [1.165, 1.54) is 51.4 Å². The van der Waals surface area contributed by atoms with Crippen molar-refractivity contribution in [1.82, 2.24) is 10.2 Å². The molecule has 6 atom stereocenters. The Morgan fingerprint density at radius 2 is 1.65 bits per heavy atom. The molecule has 3 fully saturated rings. The summed E-state index contributed by atoms with van der Waals surface area (Å²) in [5, 5.41) is 4.03. The van der Waals surface area contributed by atoms with Gasteiger partial charge in [0.05, 0.1) is 6.17 Å². The predicted octanol–water partition coefficient (Wildman–Crippen LogP) is 5.28. The fourth-order valence-electron chi connectivity index (χ4n) is 6.10. The summed E-state index contributed by atoms with van der Waals surface area (Å²) < 4.78 is 0. The zero-order chi connectivity index (χ0) is 17.0. The van der Waals surface area contributed by atoms with Gasteiger partial charge in [0, 0.05) is 12.1 Å². The third-order valence-corrected chi connectivity index (χ3v) is 7.01. The molecule has 23 heavy (non-hydrogen) atoms. The van der Waals surface area contributed by atoms with Crippen molar-refractivity contribution in [3.05, 3.63) is 0 Å². The Morgan fingerprint density at radius 3 is 2.26 bits per heavy atom. The van der Waals surface area contributed by atoms with E-state index >= 15 is 0 Å². The Bertz CT molecular complexity index is 335. The second kappa shape index (κ2) is 8.85. The van der Waals surface area contributed by atoms with Gasteiger partial charge in [-0.1, -0.05) is 66.2 Å². The minimum absolute atomic E-state index is 0.675. The number of hydrogen-bond acceptors (Lipinski definition) is 2. The van der Waals surface area contributed by atoms with E-state index in [1.54, 1.807) is 0 Å². The lowest BCUT2D eigenvalue weighted by atomic mass is 9.68. The number of hydrogen-bond donors (Lipinski definition) is 1. The normalized spacial score (nSPS) is 39.8. The summed E-state index contributed by atoms with van der Waals surface area (Å²) in [4.78, 5) is 2.69. The molecule has 6 unspecified atom stereocenters. The largest absolute Gasteiger partial charge is 0.298 e. The monoisotopic (exact) mass is 322 g/mol. The molecule has 0 spiro atoms. The van der Waals surface area contributed by atoms with E-state index in [4.69, 9.17) is 0 Å². The molecule has 0 bridgehead atoms. The van der Waals surface area contributed by atoms with Gasteiger partial charge >= 0.3 is 0 Å². The minimum atomic E-state index is 0.675. The molecule has 0 aromatic heterocycles. The van der Waals surface area contributed by atoms with Crippen LogP contribution in [0.2, 0.25) is 0 Å². The summed E-state index contributed by atoms with van der Waals surface area (Å²) in [5.41, 5.74) is 0. The molecule has 2 heteroatoms. The third-order valence-electron chi connectivity index (χ3n) is 7.01. The van der Waals surface area contributed by atoms with E-state index in [2.05, 4.69) is 38.0 Å². The van der Waals surface area contributed by atoms with Gasteiger partial charge in [0.25, 0.3) is 0 Å². The molecule has 0 aromatic rings. The average molecular weight is 323 g/mol. The van der Waals surface area contributed by atoms with E-state index in [1.807, 2.05) is 13.8 Å². The van der Waals surface area contributed by atoms with E-state index < -0.39 is 0 Å². The van der Waals surface area contributed by atoms with Crippen LogP contribution in [0.5, 0.6) is 0 Å². The molecule has 136 valence electrons. The smallest absolute Gasteiger partial charge is 0.0634 e. The molecule has 0 aromatic carbocycles. The van der Waals surface area contributed by atoms with Gasteiger partial charge in [-0.15, -0.1) is 0 Å². The van der Waals surface area contributed by atoms with Gasteiger partial charge < -0.3 is 0 Å². The fourth-order valence-corrected chi connectivity index (χ4v) is 6.10. The highest BCUT2D eigenvalue weighted by atomic mass is 15.3. The molecule has 1 saturated carbocycles. The number of fused-ring (bicyclic) bond motifs is 3. The fraction of sp³-hybridized carbons (Fsp3) is 1.00. The molecule has 2 heterocycles. The predicted molar refractivity (Wildman–Crippen MR) is 102 cm³/mol. The van der Waals surface area contributed by atoms with Crippen molar-refractivity contribution in [2.75, 3.05) is 7.05 Å². The lowest BCUT2D eigenvalue weighted by Gasteiger charge is -2.37. The van der Waals surface area contributed by atoms with Crippen molar-refractivity contribution in [1.29, 1.82) is 0 Å². The Morgan fingerprint density at radius 1 is 1.04 bits per heavy atom. The summed E-state index contributed by atoms with van der Waals surface area (Å²) >= 11 is 0. The molecular formula is C21H42N2. The number of likely N-dealkylation sites (tertiary alicyclic amines) is 1. The second-order valence-electron chi connectivity index (χ2n) is 8.06. The van der Waals surface area contributed by atoms with Crippen molar-refractivity contribution in [2.45, 2.75) is 104 Å². The van der Waals surface area contributed by atoms with Crippen molar-refractivity contribution < 1.29 is 0 Å². The van der Waals surface area contributed by atoms with E-state index in [9.17, 15) is 0 Å².